The maximum atomic E-state index is 12.4. The van der Waals surface area contributed by atoms with Crippen molar-refractivity contribution in [2.24, 2.45) is 0 Å². The van der Waals surface area contributed by atoms with E-state index in [0.717, 1.165) is 44.9 Å². The van der Waals surface area contributed by atoms with Crippen molar-refractivity contribution in [3.63, 3.8) is 0 Å². The first-order valence-corrected chi connectivity index (χ1v) is 15.2. The molecule has 1 heterocycles. The average Bonchev–Trinajstić information content (AvgIpc) is 2.87. The molecule has 0 aromatic carbocycles. The van der Waals surface area contributed by atoms with Crippen molar-refractivity contribution in [1.29, 1.82) is 0 Å². The molecule has 40 heavy (non-hydrogen) atoms. The van der Waals surface area contributed by atoms with E-state index in [1.165, 1.54) is 43.4 Å². The molecule has 1 amide bonds. The van der Waals surface area contributed by atoms with E-state index < -0.39 is 42.9 Å². The Labute approximate surface area is 238 Å². The average molecular weight is 581 g/mol. The molecule has 1 unspecified atom stereocenters. The molecule has 1 fully saturated rings. The van der Waals surface area contributed by atoms with Gasteiger partial charge in [-0.1, -0.05) is 90.9 Å². The largest absolute Gasteiger partial charge is 0.462 e. The van der Waals surface area contributed by atoms with E-state index in [1.54, 1.807) is 0 Å². The number of esters is 2. The van der Waals surface area contributed by atoms with Crippen LogP contribution in [0.3, 0.4) is 0 Å². The third-order valence-electron chi connectivity index (χ3n) is 6.78. The highest BCUT2D eigenvalue weighted by atomic mass is 19.4. The topological polar surface area (TPSA) is 94.2 Å². The molecule has 1 atom stereocenters. The fraction of sp³-hybridized carbons (Fsp3) is 0.897. The van der Waals surface area contributed by atoms with Gasteiger partial charge in [0, 0.05) is 25.9 Å². The van der Waals surface area contributed by atoms with Gasteiger partial charge in [-0.15, -0.1) is 0 Å². The van der Waals surface area contributed by atoms with Gasteiger partial charge in [0.15, 0.2) is 6.10 Å². The molecule has 0 spiro atoms. The zero-order valence-corrected chi connectivity index (χ0v) is 24.5. The Morgan fingerprint density at radius 2 is 1.23 bits per heavy atom. The Morgan fingerprint density at radius 1 is 0.750 bits per heavy atom. The summed E-state index contributed by atoms with van der Waals surface area (Å²) < 4.78 is 53.2. The van der Waals surface area contributed by atoms with Crippen LogP contribution in [0.15, 0.2) is 0 Å². The van der Waals surface area contributed by atoms with Gasteiger partial charge in [0.25, 0.3) is 0 Å². The van der Waals surface area contributed by atoms with Crippen molar-refractivity contribution < 1.29 is 41.8 Å². The lowest BCUT2D eigenvalue weighted by atomic mass is 10.1. The molecule has 1 aliphatic heterocycles. The van der Waals surface area contributed by atoms with Crippen LogP contribution in [0, 0.1) is 0 Å². The molecule has 0 radical (unpaired) electrons. The van der Waals surface area contributed by atoms with E-state index in [9.17, 15) is 27.6 Å². The quantitative estimate of drug-likeness (QED) is 0.0817. The normalized spacial score (nSPS) is 14.8. The Morgan fingerprint density at radius 3 is 1.75 bits per heavy atom. The second-order valence-electron chi connectivity index (χ2n) is 10.8. The molecule has 1 N–H and O–H groups in total. The van der Waals surface area contributed by atoms with E-state index in [0.29, 0.717) is 6.42 Å². The van der Waals surface area contributed by atoms with Crippen LogP contribution in [0.1, 0.15) is 117 Å². The molecule has 0 aromatic heterocycles. The van der Waals surface area contributed by atoms with Crippen LogP contribution < -0.4 is 5.32 Å². The Balaban J connectivity index is 2.38. The summed E-state index contributed by atoms with van der Waals surface area (Å²) in [6.07, 6.45) is 9.30. The minimum Gasteiger partial charge on any atom is -0.462 e. The fourth-order valence-corrected chi connectivity index (χ4v) is 4.49. The molecule has 1 saturated heterocycles. The maximum Gasteiger partial charge on any atom is 0.407 e. The highest BCUT2D eigenvalue weighted by molar-refractivity contribution is 5.70. The second-order valence-corrected chi connectivity index (χ2v) is 10.8. The van der Waals surface area contributed by atoms with Crippen molar-refractivity contribution in [3.8, 4) is 0 Å². The molecule has 8 nitrogen and oxygen atoms in total. The van der Waals surface area contributed by atoms with E-state index in [1.807, 2.05) is 0 Å². The van der Waals surface area contributed by atoms with Crippen molar-refractivity contribution in [3.05, 3.63) is 0 Å². The molecule has 0 bridgehead atoms. The summed E-state index contributed by atoms with van der Waals surface area (Å²) in [5.41, 5.74) is 0. The van der Waals surface area contributed by atoms with Gasteiger partial charge in [0.2, 0.25) is 0 Å². The van der Waals surface area contributed by atoms with E-state index >= 15 is 0 Å². The predicted molar refractivity (Wildman–Crippen MR) is 147 cm³/mol. The molecular weight excluding hydrogens is 529 g/mol. The SMILES string of the molecule is CCCCCCCCCC(=O)OCC(COC(=O)NC1CN(CC(F)(F)F)C1)OC(=O)CCCCCCCCC. The smallest absolute Gasteiger partial charge is 0.407 e. The minimum atomic E-state index is -4.29. The van der Waals surface area contributed by atoms with Gasteiger partial charge in [-0.05, 0) is 12.8 Å². The predicted octanol–water partition coefficient (Wildman–Crippen LogP) is 6.70. The van der Waals surface area contributed by atoms with Gasteiger partial charge >= 0.3 is 24.2 Å². The summed E-state index contributed by atoms with van der Waals surface area (Å²) in [5, 5.41) is 2.50. The molecular formula is C29H51F3N2O6. The summed E-state index contributed by atoms with van der Waals surface area (Å²) in [7, 11) is 0. The molecule has 1 rings (SSSR count). The van der Waals surface area contributed by atoms with Gasteiger partial charge in [-0.2, -0.15) is 13.2 Å². The van der Waals surface area contributed by atoms with E-state index in [-0.39, 0.29) is 39.1 Å². The standard InChI is InChI=1S/C29H51F3N2O6/c1-3-5-7-9-11-13-15-17-26(35)38-21-25(40-27(36)18-16-14-12-10-8-6-4-2)22-39-28(37)33-24-19-34(20-24)23-29(30,31)32/h24-25H,3-23H2,1-2H3,(H,33,37). The first-order valence-electron chi connectivity index (χ1n) is 15.2. The lowest BCUT2D eigenvalue weighted by Crippen LogP contribution is -2.61. The molecule has 0 saturated carbocycles. The van der Waals surface area contributed by atoms with Crippen LogP contribution in [0.25, 0.3) is 0 Å². The number of halogens is 3. The number of rotatable bonds is 23. The fourth-order valence-electron chi connectivity index (χ4n) is 4.49. The summed E-state index contributed by atoms with van der Waals surface area (Å²) in [6, 6.07) is -0.451. The van der Waals surface area contributed by atoms with Crippen LogP contribution in [-0.2, 0) is 23.8 Å². The molecule has 0 aromatic rings. The van der Waals surface area contributed by atoms with Crippen LogP contribution in [0.5, 0.6) is 0 Å². The number of carbonyl (C=O) groups excluding carboxylic acids is 3. The zero-order valence-electron chi connectivity index (χ0n) is 24.5. The third-order valence-corrected chi connectivity index (χ3v) is 6.78. The number of alkyl carbamates (subject to hydrolysis) is 1. The van der Waals surface area contributed by atoms with Gasteiger partial charge in [0.1, 0.15) is 13.2 Å². The van der Waals surface area contributed by atoms with Crippen LogP contribution in [0.4, 0.5) is 18.0 Å². The summed E-state index contributed by atoms with van der Waals surface area (Å²) in [6.45, 7) is 2.89. The number of alkyl halides is 3. The lowest BCUT2D eigenvalue weighted by molar-refractivity contribution is -0.161. The maximum absolute atomic E-state index is 12.4. The summed E-state index contributed by atoms with van der Waals surface area (Å²) >= 11 is 0. The number of likely N-dealkylation sites (tertiary alicyclic amines) is 1. The van der Waals surface area contributed by atoms with E-state index in [2.05, 4.69) is 19.2 Å². The Bertz CT molecular complexity index is 702. The zero-order chi connectivity index (χ0) is 29.6. The summed E-state index contributed by atoms with van der Waals surface area (Å²) in [5.74, 6) is -0.849. The van der Waals surface area contributed by atoms with Crippen molar-refractivity contribution >= 4 is 18.0 Å². The van der Waals surface area contributed by atoms with Gasteiger partial charge < -0.3 is 19.5 Å². The number of unbranched alkanes of at least 4 members (excludes halogenated alkanes) is 12. The highest BCUT2D eigenvalue weighted by Crippen LogP contribution is 2.20. The molecule has 11 heteroatoms. The number of ether oxygens (including phenoxy) is 3. The third kappa shape index (κ3) is 19.9. The van der Waals surface area contributed by atoms with Crippen molar-refractivity contribution in [2.75, 3.05) is 32.8 Å². The first-order chi connectivity index (χ1) is 19.1. The Kier molecular flexibility index (Phi) is 19.5. The van der Waals surface area contributed by atoms with Crippen LogP contribution >= 0.6 is 0 Å². The molecule has 234 valence electrons. The van der Waals surface area contributed by atoms with Gasteiger partial charge in [0.05, 0.1) is 12.6 Å². The number of carbonyl (C=O) groups is 3. The van der Waals surface area contributed by atoms with E-state index in [4.69, 9.17) is 14.2 Å². The summed E-state index contributed by atoms with van der Waals surface area (Å²) in [4.78, 5) is 37.8. The number of nitrogens with one attached hydrogen (secondary N) is 1. The number of nitrogens with zero attached hydrogens (tertiary/aromatic N) is 1. The second kappa shape index (κ2) is 21.7. The molecule has 0 aliphatic carbocycles. The van der Waals surface area contributed by atoms with Crippen LogP contribution in [-0.4, -0.2) is 74.1 Å². The van der Waals surface area contributed by atoms with Crippen molar-refractivity contribution in [1.82, 2.24) is 10.2 Å². The monoisotopic (exact) mass is 580 g/mol. The number of hydrogen-bond donors (Lipinski definition) is 1. The van der Waals surface area contributed by atoms with Gasteiger partial charge in [-0.3, -0.25) is 14.5 Å². The van der Waals surface area contributed by atoms with Crippen LogP contribution in [0.2, 0.25) is 0 Å². The van der Waals surface area contributed by atoms with Gasteiger partial charge in [-0.25, -0.2) is 4.79 Å². The number of amides is 1. The number of hydrogen-bond acceptors (Lipinski definition) is 7. The Hall–Kier alpha value is -2.04. The first kappa shape index (κ1) is 36.0. The molecule has 1 aliphatic rings. The lowest BCUT2D eigenvalue weighted by Gasteiger charge is -2.39. The van der Waals surface area contributed by atoms with Crippen molar-refractivity contribution in [2.45, 2.75) is 135 Å². The highest BCUT2D eigenvalue weighted by Gasteiger charge is 2.37. The minimum absolute atomic E-state index is 0.0711.